The van der Waals surface area contributed by atoms with E-state index >= 15 is 0 Å². The van der Waals surface area contributed by atoms with E-state index in [0.29, 0.717) is 6.54 Å². The number of hydrogen-bond acceptors (Lipinski definition) is 5. The third kappa shape index (κ3) is 3.69. The molecule has 0 saturated carbocycles. The highest BCUT2D eigenvalue weighted by atomic mass is 35.5. The zero-order valence-corrected chi connectivity index (χ0v) is 15.4. The Kier molecular flexibility index (Phi) is 5.54. The minimum absolute atomic E-state index is 0.0316. The molecule has 2 aromatic rings. The van der Waals surface area contributed by atoms with Crippen LogP contribution in [0.4, 0.5) is 0 Å². The van der Waals surface area contributed by atoms with Crippen molar-refractivity contribution in [1.82, 2.24) is 9.78 Å². The quantitative estimate of drug-likeness (QED) is 0.607. The molecule has 9 heteroatoms. The van der Waals surface area contributed by atoms with Gasteiger partial charge in [-0.3, -0.25) is 14.3 Å². The normalized spacial score (nSPS) is 11.8. The molecule has 1 aromatic carbocycles. The molecule has 0 saturated heterocycles. The lowest BCUT2D eigenvalue weighted by Gasteiger charge is -2.10. The molecule has 0 spiro atoms. The summed E-state index contributed by atoms with van der Waals surface area (Å²) in [6.07, 6.45) is 4.96. The average molecular weight is 385 g/mol. The minimum atomic E-state index is -3.58. The highest BCUT2D eigenvalue weighted by Crippen LogP contribution is 2.30. The number of carbonyl (C=O) groups excluding carboxylic acids is 1. The number of benzene rings is 1. The molecule has 1 heterocycles. The third-order valence-corrected chi connectivity index (χ3v) is 5.12. The van der Waals surface area contributed by atoms with Gasteiger partial charge in [0.15, 0.2) is 9.84 Å². The van der Waals surface area contributed by atoms with Crippen molar-refractivity contribution in [2.75, 3.05) is 13.4 Å². The van der Waals surface area contributed by atoms with Gasteiger partial charge in [0.2, 0.25) is 5.78 Å². The van der Waals surface area contributed by atoms with Gasteiger partial charge in [0, 0.05) is 30.1 Å². The van der Waals surface area contributed by atoms with Crippen LogP contribution in [0.1, 0.15) is 28.4 Å². The summed E-state index contributed by atoms with van der Waals surface area (Å²) in [6, 6.07) is 2.59. The summed E-state index contributed by atoms with van der Waals surface area (Å²) in [7, 11) is -2.18. The van der Waals surface area contributed by atoms with Gasteiger partial charge in [0.25, 0.3) is 5.56 Å². The van der Waals surface area contributed by atoms with E-state index in [4.69, 9.17) is 16.3 Å². The fourth-order valence-electron chi connectivity index (χ4n) is 2.32. The molecular formula is C16H17ClN2O5S. The molecule has 0 aliphatic carbocycles. The molecule has 7 nitrogen and oxygen atoms in total. The predicted molar refractivity (Wildman–Crippen MR) is 94.8 cm³/mol. The topological polar surface area (TPSA) is 98.2 Å². The molecule has 0 unspecified atom stereocenters. The summed E-state index contributed by atoms with van der Waals surface area (Å²) < 4.78 is 30.0. The lowest BCUT2D eigenvalue weighted by molar-refractivity contribution is 0.103. The monoisotopic (exact) mass is 384 g/mol. The maximum Gasteiger partial charge on any atom is 0.277 e. The Labute approximate surface area is 149 Å². The number of H-pyrrole nitrogens is 1. The molecule has 1 aromatic heterocycles. The number of ether oxygens (including phenoxy) is 1. The molecule has 134 valence electrons. The molecular weight excluding hydrogens is 368 g/mol. The van der Waals surface area contributed by atoms with E-state index in [1.807, 2.05) is 0 Å². The third-order valence-electron chi connectivity index (χ3n) is 3.56. The summed E-state index contributed by atoms with van der Waals surface area (Å²) in [5, 5.41) is 2.62. The highest BCUT2D eigenvalue weighted by molar-refractivity contribution is 7.90. The molecule has 1 N–H and O–H groups in total. The standard InChI is InChI=1S/C16H17ClN2O5S/c1-4-19-16(21)12(9-18-19)15(20)11-5-6-13(25(3,22)23)10(14(11)17)7-8-24-2/h5-9,18H,4H2,1-3H3/b8-7+. The largest absolute Gasteiger partial charge is 0.504 e. The van der Waals surface area contributed by atoms with Crippen molar-refractivity contribution in [1.29, 1.82) is 0 Å². The smallest absolute Gasteiger partial charge is 0.277 e. The van der Waals surface area contributed by atoms with Crippen molar-refractivity contribution < 1.29 is 17.9 Å². The second-order valence-corrected chi connectivity index (χ2v) is 7.58. The first-order chi connectivity index (χ1) is 11.7. The van der Waals surface area contributed by atoms with Crippen molar-refractivity contribution in [2.45, 2.75) is 18.4 Å². The van der Waals surface area contributed by atoms with Gasteiger partial charge in [0.05, 0.1) is 23.3 Å². The van der Waals surface area contributed by atoms with Gasteiger partial charge in [-0.15, -0.1) is 0 Å². The molecule has 0 bridgehead atoms. The lowest BCUT2D eigenvalue weighted by atomic mass is 10.0. The number of ketones is 1. The van der Waals surface area contributed by atoms with Crippen LogP contribution in [-0.2, 0) is 21.1 Å². The minimum Gasteiger partial charge on any atom is -0.504 e. The van der Waals surface area contributed by atoms with Crippen molar-refractivity contribution in [3.05, 3.63) is 56.7 Å². The van der Waals surface area contributed by atoms with Crippen LogP contribution in [0.2, 0.25) is 5.02 Å². The Bertz CT molecular complexity index is 1000. The van der Waals surface area contributed by atoms with Crippen LogP contribution in [-0.4, -0.2) is 37.3 Å². The molecule has 2 rings (SSSR count). The zero-order valence-electron chi connectivity index (χ0n) is 13.9. The zero-order chi connectivity index (χ0) is 18.8. The second-order valence-electron chi connectivity index (χ2n) is 5.22. The fraction of sp³-hybridized carbons (Fsp3) is 0.250. The Morgan fingerprint density at radius 2 is 2.04 bits per heavy atom. The number of nitrogens with zero attached hydrogens (tertiary/aromatic N) is 1. The summed E-state index contributed by atoms with van der Waals surface area (Å²) >= 11 is 6.28. The van der Waals surface area contributed by atoms with Crippen LogP contribution in [0.5, 0.6) is 0 Å². The molecule has 0 atom stereocenters. The number of methoxy groups -OCH3 is 1. The van der Waals surface area contributed by atoms with Gasteiger partial charge in [0.1, 0.15) is 5.56 Å². The van der Waals surface area contributed by atoms with Gasteiger partial charge >= 0.3 is 0 Å². The van der Waals surface area contributed by atoms with Crippen LogP contribution < -0.4 is 5.56 Å². The molecule has 0 radical (unpaired) electrons. The van der Waals surface area contributed by atoms with E-state index < -0.39 is 21.2 Å². The van der Waals surface area contributed by atoms with Crippen molar-refractivity contribution in [2.24, 2.45) is 0 Å². The number of aromatic nitrogens is 2. The molecule has 0 aliphatic heterocycles. The van der Waals surface area contributed by atoms with Crippen molar-refractivity contribution in [3.8, 4) is 0 Å². The van der Waals surface area contributed by atoms with Crippen LogP contribution in [0, 0.1) is 0 Å². The fourth-order valence-corrected chi connectivity index (χ4v) is 3.57. The summed E-state index contributed by atoms with van der Waals surface area (Å²) in [5.41, 5.74) is -0.380. The Morgan fingerprint density at radius 3 is 2.56 bits per heavy atom. The summed E-state index contributed by atoms with van der Waals surface area (Å²) in [6.45, 7) is 2.14. The number of carbonyl (C=O) groups is 1. The second kappa shape index (κ2) is 7.28. The van der Waals surface area contributed by atoms with Crippen LogP contribution >= 0.6 is 11.6 Å². The number of hydrogen-bond donors (Lipinski definition) is 1. The highest BCUT2D eigenvalue weighted by Gasteiger charge is 2.23. The number of aromatic amines is 1. The predicted octanol–water partition coefficient (Wildman–Crippen LogP) is 2.10. The van der Waals surface area contributed by atoms with Crippen molar-refractivity contribution >= 4 is 33.3 Å². The van der Waals surface area contributed by atoms with E-state index in [2.05, 4.69) is 5.10 Å². The molecule has 25 heavy (non-hydrogen) atoms. The van der Waals surface area contributed by atoms with E-state index in [1.54, 1.807) is 6.92 Å². The van der Waals surface area contributed by atoms with Gasteiger partial charge < -0.3 is 9.84 Å². The maximum absolute atomic E-state index is 12.7. The number of rotatable bonds is 6. The summed E-state index contributed by atoms with van der Waals surface area (Å²) in [4.78, 5) is 24.8. The summed E-state index contributed by atoms with van der Waals surface area (Å²) in [5.74, 6) is -0.592. The molecule has 0 amide bonds. The van der Waals surface area contributed by atoms with E-state index in [-0.39, 0.29) is 26.6 Å². The lowest BCUT2D eigenvalue weighted by Crippen LogP contribution is -2.21. The van der Waals surface area contributed by atoms with Gasteiger partial charge in [-0.25, -0.2) is 8.42 Å². The van der Waals surface area contributed by atoms with Crippen LogP contribution in [0.3, 0.4) is 0 Å². The Balaban J connectivity index is 2.67. The molecule has 0 fully saturated rings. The SMILES string of the molecule is CCn1[nH]cc(C(=O)c2ccc(S(C)(=O)=O)c(/C=C/OC)c2Cl)c1=O. The van der Waals surface area contributed by atoms with Crippen molar-refractivity contribution in [3.63, 3.8) is 0 Å². The number of sulfone groups is 1. The molecule has 0 aliphatic rings. The first kappa shape index (κ1) is 19.0. The first-order valence-corrected chi connectivity index (χ1v) is 9.54. The van der Waals surface area contributed by atoms with E-state index in [0.717, 1.165) is 6.26 Å². The van der Waals surface area contributed by atoms with Crippen LogP contribution in [0.15, 0.2) is 34.3 Å². The number of nitrogens with one attached hydrogen (secondary N) is 1. The maximum atomic E-state index is 12.7. The number of aryl methyl sites for hydroxylation is 1. The van der Waals surface area contributed by atoms with Gasteiger partial charge in [-0.2, -0.15) is 0 Å². The van der Waals surface area contributed by atoms with Crippen LogP contribution in [0.25, 0.3) is 6.08 Å². The van der Waals surface area contributed by atoms with E-state index in [1.165, 1.54) is 42.5 Å². The van der Waals surface area contributed by atoms with E-state index in [9.17, 15) is 18.0 Å². The van der Waals surface area contributed by atoms with Gasteiger partial charge in [-0.1, -0.05) is 11.6 Å². The Hall–Kier alpha value is -2.32. The van der Waals surface area contributed by atoms with Gasteiger partial charge in [-0.05, 0) is 25.1 Å². The first-order valence-electron chi connectivity index (χ1n) is 7.27. The average Bonchev–Trinajstić information content (AvgIpc) is 2.92. The number of halogens is 1. The Morgan fingerprint density at radius 1 is 1.36 bits per heavy atom.